The topological polar surface area (TPSA) is 174 Å². The predicted octanol–water partition coefficient (Wildman–Crippen LogP) is 2.34. The van der Waals surface area contributed by atoms with Gasteiger partial charge in [-0.1, -0.05) is 0 Å². The SMILES string of the molecule is CCOCCOCCOCCOCCOCCC(=O)NCCCCn1nc(-c2cnc3[nH]ccc3c2)c2c(N)ncnc21. The van der Waals surface area contributed by atoms with Crippen molar-refractivity contribution < 1.29 is 28.5 Å². The number of rotatable bonds is 22. The van der Waals surface area contributed by atoms with E-state index < -0.39 is 0 Å². The summed E-state index contributed by atoms with van der Waals surface area (Å²) >= 11 is 0. The van der Waals surface area contributed by atoms with Gasteiger partial charge in [0.05, 0.1) is 64.8 Å². The average molecular weight is 599 g/mol. The van der Waals surface area contributed by atoms with Crippen LogP contribution in [0.2, 0.25) is 0 Å². The maximum absolute atomic E-state index is 12.1. The molecule has 4 N–H and O–H groups in total. The van der Waals surface area contributed by atoms with Gasteiger partial charge in [0, 0.05) is 49.5 Å². The van der Waals surface area contributed by atoms with Crippen molar-refractivity contribution in [3.05, 3.63) is 30.9 Å². The third kappa shape index (κ3) is 10.2. The summed E-state index contributed by atoms with van der Waals surface area (Å²) in [6.45, 7) is 8.29. The highest BCUT2D eigenvalue weighted by molar-refractivity contribution is 5.99. The van der Waals surface area contributed by atoms with Gasteiger partial charge in [-0.25, -0.2) is 19.6 Å². The largest absolute Gasteiger partial charge is 0.383 e. The number of unbranched alkanes of at least 4 members (excludes halogenated alkanes) is 1. The first-order chi connectivity index (χ1) is 21.2. The summed E-state index contributed by atoms with van der Waals surface area (Å²) in [5.74, 6) is 0.333. The van der Waals surface area contributed by atoms with E-state index >= 15 is 0 Å². The van der Waals surface area contributed by atoms with Gasteiger partial charge in [-0.2, -0.15) is 5.10 Å². The van der Waals surface area contributed by atoms with E-state index in [1.165, 1.54) is 6.33 Å². The zero-order chi connectivity index (χ0) is 30.1. The zero-order valence-electron chi connectivity index (χ0n) is 24.8. The fraction of sp³-hybridized carbons (Fsp3) is 0.552. The molecule has 0 radical (unpaired) electrons. The zero-order valence-corrected chi connectivity index (χ0v) is 24.8. The quantitative estimate of drug-likeness (QED) is 0.113. The molecule has 0 aliphatic carbocycles. The van der Waals surface area contributed by atoms with E-state index in [0.29, 0.717) is 108 Å². The summed E-state index contributed by atoms with van der Waals surface area (Å²) in [4.78, 5) is 28.3. The molecule has 0 bridgehead atoms. The van der Waals surface area contributed by atoms with Crippen molar-refractivity contribution in [1.29, 1.82) is 0 Å². The molecule has 14 nitrogen and oxygen atoms in total. The Balaban J connectivity index is 1.05. The minimum absolute atomic E-state index is 0.0437. The van der Waals surface area contributed by atoms with Crippen LogP contribution in [0.5, 0.6) is 0 Å². The monoisotopic (exact) mass is 598 g/mol. The van der Waals surface area contributed by atoms with Crippen LogP contribution in [-0.2, 0) is 35.0 Å². The molecule has 234 valence electrons. The number of aromatic nitrogens is 6. The highest BCUT2D eigenvalue weighted by Crippen LogP contribution is 2.31. The normalized spacial score (nSPS) is 11.6. The molecule has 0 spiro atoms. The van der Waals surface area contributed by atoms with Gasteiger partial charge in [0.2, 0.25) is 5.91 Å². The summed E-state index contributed by atoms with van der Waals surface area (Å²) in [6.07, 6.45) is 6.95. The Labute approximate surface area is 250 Å². The predicted molar refractivity (Wildman–Crippen MR) is 161 cm³/mol. The molecule has 4 aromatic rings. The van der Waals surface area contributed by atoms with Crippen LogP contribution in [0, 0.1) is 0 Å². The van der Waals surface area contributed by atoms with Gasteiger partial charge < -0.3 is 39.7 Å². The number of nitrogens with one attached hydrogen (secondary N) is 2. The van der Waals surface area contributed by atoms with Gasteiger partial charge in [-0.3, -0.25) is 4.79 Å². The van der Waals surface area contributed by atoms with Crippen LogP contribution >= 0.6 is 0 Å². The molecule has 0 saturated heterocycles. The molecule has 0 fully saturated rings. The van der Waals surface area contributed by atoms with Crippen molar-refractivity contribution in [2.45, 2.75) is 32.7 Å². The van der Waals surface area contributed by atoms with E-state index in [0.717, 1.165) is 29.4 Å². The lowest BCUT2D eigenvalue weighted by atomic mass is 10.1. The summed E-state index contributed by atoms with van der Waals surface area (Å²) < 4.78 is 28.8. The highest BCUT2D eigenvalue weighted by Gasteiger charge is 2.17. The summed E-state index contributed by atoms with van der Waals surface area (Å²) in [6, 6.07) is 3.98. The first-order valence-corrected chi connectivity index (χ1v) is 14.7. The smallest absolute Gasteiger partial charge is 0.222 e. The number of aromatic amines is 1. The van der Waals surface area contributed by atoms with Crippen molar-refractivity contribution in [1.82, 2.24) is 35.0 Å². The van der Waals surface area contributed by atoms with Gasteiger partial charge in [0.1, 0.15) is 23.5 Å². The standard InChI is InChI=1S/C29H42N8O6/c1-2-39-11-12-41-15-16-43-18-17-42-14-13-40-10-6-24(38)31-7-3-4-9-37-29-25(27(30)34-21-35-29)26(36-37)23-19-22-5-8-32-28(22)33-20-23/h5,8,19-21H,2-4,6-7,9-18H2,1H3,(H,31,38)(H,32,33)(H2,30,34,35). The second-order valence-electron chi connectivity index (χ2n) is 9.62. The molecule has 0 aromatic carbocycles. The highest BCUT2D eigenvalue weighted by atomic mass is 16.6. The summed E-state index contributed by atoms with van der Waals surface area (Å²) in [7, 11) is 0. The van der Waals surface area contributed by atoms with Gasteiger partial charge in [-0.05, 0) is 31.9 Å². The number of fused-ring (bicyclic) bond motifs is 2. The number of hydrogen-bond donors (Lipinski definition) is 3. The van der Waals surface area contributed by atoms with Crippen LogP contribution in [0.4, 0.5) is 5.82 Å². The van der Waals surface area contributed by atoms with Crippen LogP contribution in [0.3, 0.4) is 0 Å². The van der Waals surface area contributed by atoms with Crippen LogP contribution < -0.4 is 11.1 Å². The number of nitrogens with zero attached hydrogens (tertiary/aromatic N) is 5. The third-order valence-electron chi connectivity index (χ3n) is 6.52. The van der Waals surface area contributed by atoms with Crippen molar-refractivity contribution in [2.24, 2.45) is 0 Å². The molecule has 4 heterocycles. The second kappa shape index (κ2) is 18.1. The van der Waals surface area contributed by atoms with E-state index in [1.54, 1.807) is 6.20 Å². The Morgan fingerprint density at radius 2 is 1.63 bits per heavy atom. The summed E-state index contributed by atoms with van der Waals surface area (Å²) in [5, 5.41) is 9.44. The molecular weight excluding hydrogens is 556 g/mol. The molecule has 0 unspecified atom stereocenters. The minimum Gasteiger partial charge on any atom is -0.383 e. The Morgan fingerprint density at radius 1 is 0.930 bits per heavy atom. The van der Waals surface area contributed by atoms with E-state index in [9.17, 15) is 4.79 Å². The molecule has 0 aliphatic rings. The lowest BCUT2D eigenvalue weighted by Crippen LogP contribution is -2.26. The number of aryl methyl sites for hydroxylation is 1. The van der Waals surface area contributed by atoms with Crippen LogP contribution in [-0.4, -0.2) is 108 Å². The molecule has 4 rings (SSSR count). The number of carbonyl (C=O) groups excluding carboxylic acids is 1. The van der Waals surface area contributed by atoms with E-state index in [2.05, 4.69) is 25.3 Å². The fourth-order valence-electron chi connectivity index (χ4n) is 4.35. The Bertz CT molecular complexity index is 1390. The Morgan fingerprint density at radius 3 is 2.35 bits per heavy atom. The first-order valence-electron chi connectivity index (χ1n) is 14.7. The van der Waals surface area contributed by atoms with Crippen molar-refractivity contribution in [3.63, 3.8) is 0 Å². The van der Waals surface area contributed by atoms with E-state index in [4.69, 9.17) is 34.5 Å². The Hall–Kier alpha value is -3.69. The molecule has 43 heavy (non-hydrogen) atoms. The lowest BCUT2D eigenvalue weighted by molar-refractivity contribution is -0.122. The van der Waals surface area contributed by atoms with Crippen LogP contribution in [0.25, 0.3) is 33.3 Å². The number of hydrogen-bond acceptors (Lipinski definition) is 11. The number of H-pyrrole nitrogens is 1. The van der Waals surface area contributed by atoms with Gasteiger partial charge in [0.15, 0.2) is 5.65 Å². The van der Waals surface area contributed by atoms with E-state index in [1.807, 2.05) is 29.9 Å². The number of anilines is 1. The second-order valence-corrected chi connectivity index (χ2v) is 9.62. The number of nitrogen functional groups attached to an aromatic ring is 1. The number of pyridine rings is 1. The van der Waals surface area contributed by atoms with Crippen molar-refractivity contribution >= 4 is 33.8 Å². The summed E-state index contributed by atoms with van der Waals surface area (Å²) in [5.41, 5.74) is 9.25. The molecule has 0 saturated carbocycles. The van der Waals surface area contributed by atoms with Crippen molar-refractivity contribution in [3.8, 4) is 11.3 Å². The van der Waals surface area contributed by atoms with E-state index in [-0.39, 0.29) is 5.91 Å². The van der Waals surface area contributed by atoms with Crippen molar-refractivity contribution in [2.75, 3.05) is 78.3 Å². The molecule has 0 aliphatic heterocycles. The molecule has 14 heteroatoms. The lowest BCUT2D eigenvalue weighted by Gasteiger charge is -2.08. The maximum atomic E-state index is 12.1. The fourth-order valence-corrected chi connectivity index (χ4v) is 4.35. The number of amides is 1. The van der Waals surface area contributed by atoms with Gasteiger partial charge in [0.25, 0.3) is 0 Å². The van der Waals surface area contributed by atoms with Crippen LogP contribution in [0.15, 0.2) is 30.9 Å². The first kappa shape index (κ1) is 32.2. The molecular formula is C29H42N8O6. The van der Waals surface area contributed by atoms with Gasteiger partial charge >= 0.3 is 0 Å². The average Bonchev–Trinajstić information content (AvgIpc) is 3.64. The Kier molecular flexibility index (Phi) is 13.6. The maximum Gasteiger partial charge on any atom is 0.222 e. The third-order valence-corrected chi connectivity index (χ3v) is 6.52. The molecule has 4 aromatic heterocycles. The number of ether oxygens (including phenoxy) is 5. The van der Waals surface area contributed by atoms with Gasteiger partial charge in [-0.15, -0.1) is 0 Å². The molecule has 0 atom stereocenters. The van der Waals surface area contributed by atoms with Crippen LogP contribution in [0.1, 0.15) is 26.2 Å². The number of nitrogens with two attached hydrogens (primary N) is 1. The number of carbonyl (C=O) groups is 1. The molecule has 1 amide bonds. The minimum atomic E-state index is -0.0437.